The molecule has 5 rings (SSSR count). The number of carbonyl (C=O) groups is 1. The van der Waals surface area contributed by atoms with Gasteiger partial charge in [0.1, 0.15) is 5.82 Å². The van der Waals surface area contributed by atoms with E-state index < -0.39 is 17.8 Å². The number of piperazine rings is 1. The molecule has 186 valence electrons. The average molecular weight is 507 g/mol. The molecule has 2 aromatic heterocycles. The fraction of sp³-hybridized carbons (Fsp3) is 0.435. The number of nitrogens with one attached hydrogen (secondary N) is 2. The van der Waals surface area contributed by atoms with E-state index in [0.29, 0.717) is 24.9 Å². The second-order valence-corrected chi connectivity index (χ2v) is 9.39. The molecule has 2 aliphatic rings. The lowest BCUT2D eigenvalue weighted by Gasteiger charge is -2.36. The van der Waals surface area contributed by atoms with E-state index in [1.807, 2.05) is 11.4 Å². The number of amides is 1. The summed E-state index contributed by atoms with van der Waals surface area (Å²) in [5, 5.41) is 8.24. The average Bonchev–Trinajstić information content (AvgIpc) is 3.52. The molecular formula is C23H25F3N6O2S. The molecule has 1 aliphatic heterocycles. The minimum absolute atomic E-state index is 0.0804. The number of aromatic nitrogens is 2. The normalized spacial score (nSPS) is 16.5. The van der Waals surface area contributed by atoms with E-state index in [1.54, 1.807) is 17.9 Å². The number of nitrogens with zero attached hydrogens (tertiary/aromatic N) is 4. The molecule has 0 bridgehead atoms. The second kappa shape index (κ2) is 9.40. The Morgan fingerprint density at radius 1 is 1.17 bits per heavy atom. The maximum absolute atomic E-state index is 14.0. The van der Waals surface area contributed by atoms with E-state index in [1.165, 1.54) is 22.3 Å². The number of ether oxygens (including phenoxy) is 1. The Kier molecular flexibility index (Phi) is 6.30. The van der Waals surface area contributed by atoms with Gasteiger partial charge in [-0.2, -0.15) is 18.2 Å². The van der Waals surface area contributed by atoms with Gasteiger partial charge in [0, 0.05) is 43.6 Å². The molecule has 1 amide bonds. The Hall–Kier alpha value is -3.28. The number of hydrogen-bond acceptors (Lipinski definition) is 8. The standard InChI is InChI=1S/C23H25F3N6O2S/c1-2-34-22(33)32-10-8-31(9-11-32)18-6-5-15(13-16(18)23(24,25)26)28-21-29-17-7-12-35-19(17)20(30-21)27-14-3-4-14/h5-7,12-14H,2-4,8-11H2,1H3,(H2,27,28,29,30). The van der Waals surface area contributed by atoms with Gasteiger partial charge >= 0.3 is 12.3 Å². The molecule has 0 radical (unpaired) electrons. The van der Waals surface area contributed by atoms with Crippen LogP contribution in [-0.2, 0) is 10.9 Å². The zero-order valence-electron chi connectivity index (χ0n) is 19.1. The number of fused-ring (bicyclic) bond motifs is 1. The van der Waals surface area contributed by atoms with E-state index >= 15 is 0 Å². The van der Waals surface area contributed by atoms with Crippen LogP contribution < -0.4 is 15.5 Å². The minimum Gasteiger partial charge on any atom is -0.450 e. The Balaban J connectivity index is 1.37. The van der Waals surface area contributed by atoms with Crippen LogP contribution in [0.2, 0.25) is 0 Å². The van der Waals surface area contributed by atoms with Crippen LogP contribution in [0.5, 0.6) is 0 Å². The van der Waals surface area contributed by atoms with Crippen molar-refractivity contribution in [3.63, 3.8) is 0 Å². The van der Waals surface area contributed by atoms with Gasteiger partial charge < -0.3 is 25.2 Å². The SMILES string of the molecule is CCOC(=O)N1CCN(c2ccc(Nc3nc(NC4CC4)c4sccc4n3)cc2C(F)(F)F)CC1. The molecule has 12 heteroatoms. The first kappa shape index (κ1) is 23.5. The van der Waals surface area contributed by atoms with Gasteiger partial charge in [-0.1, -0.05) is 0 Å². The molecule has 3 aromatic rings. The van der Waals surface area contributed by atoms with Crippen molar-refractivity contribution < 1.29 is 22.7 Å². The Morgan fingerprint density at radius 2 is 1.94 bits per heavy atom. The van der Waals surface area contributed by atoms with Gasteiger partial charge in [-0.15, -0.1) is 11.3 Å². The summed E-state index contributed by atoms with van der Waals surface area (Å²) in [6.45, 7) is 3.12. The van der Waals surface area contributed by atoms with Gasteiger partial charge in [-0.3, -0.25) is 0 Å². The van der Waals surface area contributed by atoms with E-state index in [9.17, 15) is 18.0 Å². The molecule has 8 nitrogen and oxygen atoms in total. The van der Waals surface area contributed by atoms with Crippen molar-refractivity contribution in [3.05, 3.63) is 35.2 Å². The first-order valence-electron chi connectivity index (χ1n) is 11.5. The molecule has 0 spiro atoms. The molecule has 1 saturated heterocycles. The van der Waals surface area contributed by atoms with Crippen molar-refractivity contribution >= 4 is 50.8 Å². The molecule has 3 heterocycles. The van der Waals surface area contributed by atoms with Crippen molar-refractivity contribution in [2.45, 2.75) is 32.0 Å². The third-order valence-electron chi connectivity index (χ3n) is 5.93. The Labute approximate surface area is 204 Å². The number of hydrogen-bond donors (Lipinski definition) is 2. The number of thiophene rings is 1. The lowest BCUT2D eigenvalue weighted by molar-refractivity contribution is -0.137. The lowest BCUT2D eigenvalue weighted by Crippen LogP contribution is -2.49. The third kappa shape index (κ3) is 5.21. The maximum Gasteiger partial charge on any atom is 0.418 e. The van der Waals surface area contributed by atoms with Crippen LogP contribution in [0.25, 0.3) is 10.2 Å². The first-order chi connectivity index (χ1) is 16.8. The van der Waals surface area contributed by atoms with Crippen molar-refractivity contribution in [3.8, 4) is 0 Å². The van der Waals surface area contributed by atoms with Crippen molar-refractivity contribution in [2.75, 3.05) is 48.3 Å². The predicted molar refractivity (Wildman–Crippen MR) is 130 cm³/mol. The Morgan fingerprint density at radius 3 is 2.63 bits per heavy atom. The monoisotopic (exact) mass is 506 g/mol. The highest BCUT2D eigenvalue weighted by atomic mass is 32.1. The summed E-state index contributed by atoms with van der Waals surface area (Å²) in [7, 11) is 0. The molecule has 1 aliphatic carbocycles. The minimum atomic E-state index is -4.55. The van der Waals surface area contributed by atoms with E-state index in [0.717, 1.165) is 29.1 Å². The van der Waals surface area contributed by atoms with Crippen LogP contribution in [-0.4, -0.2) is 59.8 Å². The fourth-order valence-corrected chi connectivity index (χ4v) is 4.81. The number of benzene rings is 1. The maximum atomic E-state index is 14.0. The number of halogens is 3. The van der Waals surface area contributed by atoms with Gasteiger partial charge in [0.15, 0.2) is 0 Å². The van der Waals surface area contributed by atoms with Gasteiger partial charge in [-0.25, -0.2) is 9.78 Å². The largest absolute Gasteiger partial charge is 0.450 e. The molecular weight excluding hydrogens is 481 g/mol. The second-order valence-electron chi connectivity index (χ2n) is 8.48. The summed E-state index contributed by atoms with van der Waals surface area (Å²) >= 11 is 1.52. The summed E-state index contributed by atoms with van der Waals surface area (Å²) in [6.07, 6.45) is -2.85. The smallest absolute Gasteiger partial charge is 0.418 e. The van der Waals surface area contributed by atoms with E-state index in [2.05, 4.69) is 20.6 Å². The summed E-state index contributed by atoms with van der Waals surface area (Å²) in [6, 6.07) is 6.38. The molecule has 1 saturated carbocycles. The van der Waals surface area contributed by atoms with Gasteiger partial charge in [-0.05, 0) is 49.4 Å². The van der Waals surface area contributed by atoms with Crippen LogP contribution in [0.15, 0.2) is 29.6 Å². The van der Waals surface area contributed by atoms with E-state index in [4.69, 9.17) is 4.74 Å². The predicted octanol–water partition coefficient (Wildman–Crippen LogP) is 5.31. The lowest BCUT2D eigenvalue weighted by atomic mass is 10.1. The highest BCUT2D eigenvalue weighted by molar-refractivity contribution is 7.17. The highest BCUT2D eigenvalue weighted by Crippen LogP contribution is 2.39. The number of carbonyl (C=O) groups excluding carboxylic acids is 1. The molecule has 0 unspecified atom stereocenters. The fourth-order valence-electron chi connectivity index (χ4n) is 4.03. The number of alkyl halides is 3. The Bertz CT molecular complexity index is 1220. The van der Waals surface area contributed by atoms with Gasteiger partial charge in [0.25, 0.3) is 0 Å². The topological polar surface area (TPSA) is 82.6 Å². The molecule has 1 aromatic carbocycles. The van der Waals surface area contributed by atoms with Gasteiger partial charge in [0.2, 0.25) is 5.95 Å². The van der Waals surface area contributed by atoms with Crippen LogP contribution in [0.3, 0.4) is 0 Å². The molecule has 2 fully saturated rings. The number of anilines is 4. The highest BCUT2D eigenvalue weighted by Gasteiger charge is 2.36. The molecule has 35 heavy (non-hydrogen) atoms. The first-order valence-corrected chi connectivity index (χ1v) is 12.4. The van der Waals surface area contributed by atoms with Crippen molar-refractivity contribution in [2.24, 2.45) is 0 Å². The van der Waals surface area contributed by atoms with Crippen LogP contribution in [0, 0.1) is 0 Å². The van der Waals surface area contributed by atoms with Gasteiger partial charge in [0.05, 0.1) is 22.4 Å². The zero-order chi connectivity index (χ0) is 24.6. The van der Waals surface area contributed by atoms with Crippen molar-refractivity contribution in [1.29, 1.82) is 0 Å². The van der Waals surface area contributed by atoms with Crippen LogP contribution in [0.4, 0.5) is 41.1 Å². The van der Waals surface area contributed by atoms with Crippen molar-refractivity contribution in [1.82, 2.24) is 14.9 Å². The summed E-state index contributed by atoms with van der Waals surface area (Å²) in [5.74, 6) is 0.935. The molecule has 2 N–H and O–H groups in total. The number of rotatable bonds is 6. The third-order valence-corrected chi connectivity index (χ3v) is 6.84. The quantitative estimate of drug-likeness (QED) is 0.469. The van der Waals surface area contributed by atoms with E-state index in [-0.39, 0.29) is 37.0 Å². The molecule has 0 atom stereocenters. The summed E-state index contributed by atoms with van der Waals surface area (Å²) in [5.41, 5.74) is 0.317. The van der Waals surface area contributed by atoms with Crippen LogP contribution in [0.1, 0.15) is 25.3 Å². The summed E-state index contributed by atoms with van der Waals surface area (Å²) < 4.78 is 48.0. The zero-order valence-corrected chi connectivity index (χ0v) is 19.9. The summed E-state index contributed by atoms with van der Waals surface area (Å²) in [4.78, 5) is 24.1. The van der Waals surface area contributed by atoms with Crippen LogP contribution >= 0.6 is 11.3 Å².